The fourth-order valence-corrected chi connectivity index (χ4v) is 0.176. The number of carboxylic acid groups (broad SMARTS) is 1. The summed E-state index contributed by atoms with van der Waals surface area (Å²) in [7, 11) is 0. The van der Waals surface area contributed by atoms with Gasteiger partial charge in [0, 0.05) is 6.42 Å². The summed E-state index contributed by atoms with van der Waals surface area (Å²) in [6.07, 6.45) is 1.54. The topological polar surface area (TPSA) is 63.6 Å². The van der Waals surface area contributed by atoms with Crippen molar-refractivity contribution in [2.75, 3.05) is 0 Å². The van der Waals surface area contributed by atoms with E-state index in [-0.39, 0.29) is 5.97 Å². The molecule has 0 radical (unpaired) electrons. The number of carbonyl (C=O) groups excluding carboxylic acids is 1. The van der Waals surface area contributed by atoms with Crippen molar-refractivity contribution >= 4 is 11.9 Å². The molecule has 0 heterocycles. The van der Waals surface area contributed by atoms with Gasteiger partial charge in [0.05, 0.1) is 11.7 Å². The van der Waals surface area contributed by atoms with Crippen LogP contribution in [0, 0.1) is 5.41 Å². The maximum atomic E-state index is 10.1. The van der Waals surface area contributed by atoms with E-state index in [1.165, 1.54) is 0 Å². The molecule has 0 aliphatic rings. The Morgan fingerprint density at radius 2 is 1.79 bits per heavy atom. The van der Waals surface area contributed by atoms with E-state index in [4.69, 9.17) is 5.11 Å². The molecule has 0 fully saturated rings. The molecule has 4 heteroatoms. The van der Waals surface area contributed by atoms with Gasteiger partial charge in [-0.05, 0) is 20.8 Å². The van der Waals surface area contributed by atoms with Crippen molar-refractivity contribution in [1.29, 1.82) is 0 Å². The van der Waals surface area contributed by atoms with Crippen LogP contribution in [0.1, 0.15) is 34.1 Å². The molecule has 4 nitrogen and oxygen atoms in total. The van der Waals surface area contributed by atoms with Gasteiger partial charge in [-0.1, -0.05) is 13.5 Å². The third-order valence-electron chi connectivity index (χ3n) is 1.15. The van der Waals surface area contributed by atoms with Gasteiger partial charge in [0.2, 0.25) is 0 Å². The standard InChI is InChI=1S/C5H10O2.C5H8O2/c1-5(2,3)4(6)7;1-3-5(6)7-4-2/h1-3H3,(H,6,7);4H,2-3H2,1H3. The number of ether oxygens (including phenoxy) is 1. The van der Waals surface area contributed by atoms with Gasteiger partial charge in [0.1, 0.15) is 0 Å². The van der Waals surface area contributed by atoms with E-state index in [2.05, 4.69) is 11.3 Å². The molecule has 0 aromatic heterocycles. The zero-order valence-electron chi connectivity index (χ0n) is 9.16. The molecule has 0 amide bonds. The molecule has 0 rings (SSSR count). The first-order chi connectivity index (χ1) is 6.25. The predicted molar refractivity (Wildman–Crippen MR) is 53.7 cm³/mol. The van der Waals surface area contributed by atoms with Gasteiger partial charge >= 0.3 is 11.9 Å². The van der Waals surface area contributed by atoms with Crippen LogP contribution >= 0.6 is 0 Å². The third-order valence-corrected chi connectivity index (χ3v) is 1.15. The quantitative estimate of drug-likeness (QED) is 0.550. The summed E-state index contributed by atoms with van der Waals surface area (Å²) < 4.78 is 4.32. The van der Waals surface area contributed by atoms with Crippen molar-refractivity contribution in [2.45, 2.75) is 34.1 Å². The molecule has 0 aromatic carbocycles. The van der Waals surface area contributed by atoms with Gasteiger partial charge in [-0.25, -0.2) is 0 Å². The molecule has 0 bridgehead atoms. The van der Waals surface area contributed by atoms with Gasteiger partial charge in [-0.15, -0.1) is 0 Å². The molecule has 1 N–H and O–H groups in total. The Balaban J connectivity index is 0. The molecule has 0 saturated heterocycles. The van der Waals surface area contributed by atoms with Crippen LogP contribution in [0.5, 0.6) is 0 Å². The maximum absolute atomic E-state index is 10.1. The van der Waals surface area contributed by atoms with Gasteiger partial charge in [0.25, 0.3) is 0 Å². The second-order valence-electron chi connectivity index (χ2n) is 3.57. The number of esters is 1. The van der Waals surface area contributed by atoms with Crippen molar-refractivity contribution < 1.29 is 19.4 Å². The van der Waals surface area contributed by atoms with Crippen LogP contribution in [0.3, 0.4) is 0 Å². The van der Waals surface area contributed by atoms with Gasteiger partial charge < -0.3 is 9.84 Å². The van der Waals surface area contributed by atoms with Gasteiger partial charge in [0.15, 0.2) is 0 Å². The van der Waals surface area contributed by atoms with E-state index in [0.717, 1.165) is 6.26 Å². The average Bonchev–Trinajstić information content (AvgIpc) is 2.04. The minimum absolute atomic E-state index is 0.241. The lowest BCUT2D eigenvalue weighted by molar-refractivity contribution is -0.145. The molecule has 0 aliphatic heterocycles. The molecule has 82 valence electrons. The van der Waals surface area contributed by atoms with E-state index in [1.54, 1.807) is 27.7 Å². The highest BCUT2D eigenvalue weighted by molar-refractivity contribution is 5.72. The van der Waals surface area contributed by atoms with Crippen molar-refractivity contribution in [2.24, 2.45) is 5.41 Å². The van der Waals surface area contributed by atoms with Gasteiger partial charge in [-0.2, -0.15) is 0 Å². The van der Waals surface area contributed by atoms with Crippen molar-refractivity contribution in [3.05, 3.63) is 12.8 Å². The summed E-state index contributed by atoms with van der Waals surface area (Å²) in [6, 6.07) is 0. The first kappa shape index (κ1) is 15.2. The highest BCUT2D eigenvalue weighted by atomic mass is 16.5. The fraction of sp³-hybridized carbons (Fsp3) is 0.600. The Hall–Kier alpha value is -1.32. The normalized spacial score (nSPS) is 9.43. The second-order valence-corrected chi connectivity index (χ2v) is 3.57. The Labute approximate surface area is 84.6 Å². The van der Waals surface area contributed by atoms with Gasteiger partial charge in [-0.3, -0.25) is 9.59 Å². The number of carboxylic acids is 1. The summed E-state index contributed by atoms with van der Waals surface area (Å²) in [6.45, 7) is 9.92. The van der Waals surface area contributed by atoms with E-state index in [0.29, 0.717) is 6.42 Å². The molecule has 0 aliphatic carbocycles. The monoisotopic (exact) mass is 202 g/mol. The molecule has 0 unspecified atom stereocenters. The molecule has 0 aromatic rings. The average molecular weight is 202 g/mol. The Kier molecular flexibility index (Phi) is 7.71. The number of carbonyl (C=O) groups is 2. The highest BCUT2D eigenvalue weighted by Gasteiger charge is 2.18. The van der Waals surface area contributed by atoms with Crippen LogP contribution in [0.15, 0.2) is 12.8 Å². The minimum Gasteiger partial charge on any atom is -0.481 e. The fourth-order valence-electron chi connectivity index (χ4n) is 0.176. The Morgan fingerprint density at radius 3 is 1.86 bits per heavy atom. The van der Waals surface area contributed by atoms with Crippen LogP contribution in [0.2, 0.25) is 0 Å². The molecular weight excluding hydrogens is 184 g/mol. The smallest absolute Gasteiger partial charge is 0.310 e. The second kappa shape index (κ2) is 7.12. The number of rotatable bonds is 2. The van der Waals surface area contributed by atoms with E-state index < -0.39 is 11.4 Å². The van der Waals surface area contributed by atoms with E-state index in [9.17, 15) is 9.59 Å². The summed E-state index contributed by atoms with van der Waals surface area (Å²) in [4.78, 5) is 20.1. The largest absolute Gasteiger partial charge is 0.481 e. The maximum Gasteiger partial charge on any atom is 0.310 e. The van der Waals surface area contributed by atoms with Crippen LogP contribution in [-0.4, -0.2) is 17.0 Å². The van der Waals surface area contributed by atoms with Crippen LogP contribution in [0.4, 0.5) is 0 Å². The molecule has 0 spiro atoms. The van der Waals surface area contributed by atoms with Crippen LogP contribution in [0.25, 0.3) is 0 Å². The molecule has 0 saturated carbocycles. The summed E-state index contributed by atoms with van der Waals surface area (Å²) >= 11 is 0. The van der Waals surface area contributed by atoms with Crippen molar-refractivity contribution in [3.8, 4) is 0 Å². The van der Waals surface area contributed by atoms with E-state index in [1.807, 2.05) is 0 Å². The summed E-state index contributed by atoms with van der Waals surface area (Å²) in [5.41, 5.74) is -0.583. The predicted octanol–water partition coefficient (Wildman–Crippen LogP) is 2.20. The lowest BCUT2D eigenvalue weighted by Gasteiger charge is -2.08. The van der Waals surface area contributed by atoms with E-state index >= 15 is 0 Å². The lowest BCUT2D eigenvalue weighted by Crippen LogP contribution is -2.18. The molecule has 0 atom stereocenters. The first-order valence-corrected chi connectivity index (χ1v) is 4.29. The molecular formula is C10H18O4. The lowest BCUT2D eigenvalue weighted by atomic mass is 9.98. The minimum atomic E-state index is -0.757. The number of hydrogen-bond acceptors (Lipinski definition) is 3. The summed E-state index contributed by atoms with van der Waals surface area (Å²) in [5, 5.41) is 8.25. The zero-order chi connectivity index (χ0) is 11.8. The third kappa shape index (κ3) is 10.7. The van der Waals surface area contributed by atoms with Crippen LogP contribution in [-0.2, 0) is 14.3 Å². The van der Waals surface area contributed by atoms with Crippen molar-refractivity contribution in [3.63, 3.8) is 0 Å². The summed E-state index contributed by atoms with van der Waals surface area (Å²) in [5.74, 6) is -0.998. The molecule has 14 heavy (non-hydrogen) atoms. The highest BCUT2D eigenvalue weighted by Crippen LogP contribution is 2.11. The Morgan fingerprint density at radius 1 is 1.43 bits per heavy atom. The SMILES string of the molecule is C=COC(=O)CC.CC(C)(C)C(=O)O. The zero-order valence-corrected chi connectivity index (χ0v) is 9.16. The number of aliphatic carboxylic acids is 1. The van der Waals surface area contributed by atoms with Crippen LogP contribution < -0.4 is 0 Å². The van der Waals surface area contributed by atoms with Crippen molar-refractivity contribution in [1.82, 2.24) is 0 Å². The first-order valence-electron chi connectivity index (χ1n) is 4.29. The number of hydrogen-bond donors (Lipinski definition) is 1. The Bertz CT molecular complexity index is 201.